The van der Waals surface area contributed by atoms with Crippen molar-refractivity contribution in [2.45, 2.75) is 25.1 Å². The highest BCUT2D eigenvalue weighted by molar-refractivity contribution is 8.00. The van der Waals surface area contributed by atoms with Crippen LogP contribution in [0.15, 0.2) is 41.3 Å². The first kappa shape index (κ1) is 24.0. The van der Waals surface area contributed by atoms with Crippen LogP contribution in [0, 0.1) is 0 Å². The molecule has 29 heavy (non-hydrogen) atoms. The summed E-state index contributed by atoms with van der Waals surface area (Å²) >= 11 is 0.710. The molecule has 11 heteroatoms. The molecule has 0 aliphatic rings. The van der Waals surface area contributed by atoms with Gasteiger partial charge in [0.05, 0.1) is 28.8 Å². The van der Waals surface area contributed by atoms with Gasteiger partial charge in [-0.05, 0) is 36.2 Å². The third-order valence-corrected chi connectivity index (χ3v) is 4.03. The molecule has 0 spiro atoms. The van der Waals surface area contributed by atoms with Gasteiger partial charge in [-0.1, -0.05) is 26.0 Å². The molecule has 158 valence electrons. The third kappa shape index (κ3) is 6.79. The Kier molecular flexibility index (Phi) is 8.64. The maximum absolute atomic E-state index is 12.5. The fourth-order valence-corrected chi connectivity index (χ4v) is 2.77. The number of carbonyl (C=O) groups is 2. The number of aromatic carboxylic acids is 2. The number of ether oxygens (including phenoxy) is 2. The molecule has 2 rings (SSSR count). The number of rotatable bonds is 7. The van der Waals surface area contributed by atoms with E-state index in [1.807, 2.05) is 13.8 Å². The Morgan fingerprint density at radius 3 is 2.07 bits per heavy atom. The molecule has 2 aromatic rings. The molecule has 0 bridgehead atoms. The van der Waals surface area contributed by atoms with Gasteiger partial charge in [0.2, 0.25) is 0 Å². The van der Waals surface area contributed by atoms with E-state index in [9.17, 15) is 27.9 Å². The number of hydrogen-bond acceptors (Lipinski definition) is 6. The van der Waals surface area contributed by atoms with E-state index in [1.54, 1.807) is 0 Å². The topological polar surface area (TPSA) is 105 Å². The fraction of sp³-hybridized carbons (Fsp3) is 0.222. The van der Waals surface area contributed by atoms with E-state index in [0.717, 1.165) is 18.2 Å². The highest BCUT2D eigenvalue weighted by atomic mass is 32.2. The number of carboxylic acids is 2. The van der Waals surface area contributed by atoms with E-state index < -0.39 is 35.2 Å². The van der Waals surface area contributed by atoms with E-state index in [-0.39, 0.29) is 16.3 Å². The second-order valence-corrected chi connectivity index (χ2v) is 5.76. The molecule has 0 amide bonds. The van der Waals surface area contributed by atoms with Gasteiger partial charge >= 0.3 is 18.3 Å². The van der Waals surface area contributed by atoms with Crippen molar-refractivity contribution in [2.75, 3.05) is 11.8 Å². The number of para-hydroxylation sites is 1. The molecule has 0 aliphatic carbocycles. The normalized spacial score (nSPS) is 10.4. The largest absolute Gasteiger partial charge is 0.573 e. The molecule has 3 N–H and O–H groups in total. The Bertz CT molecular complexity index is 873. The lowest BCUT2D eigenvalue weighted by Crippen LogP contribution is -2.17. The molecule has 0 saturated carbocycles. The van der Waals surface area contributed by atoms with Crippen LogP contribution >= 0.6 is 11.9 Å². The van der Waals surface area contributed by atoms with Gasteiger partial charge in [-0.2, -0.15) is 0 Å². The highest BCUT2D eigenvalue weighted by Crippen LogP contribution is 2.37. The predicted molar refractivity (Wildman–Crippen MR) is 101 cm³/mol. The monoisotopic (exact) mass is 433 g/mol. The molecule has 0 heterocycles. The Morgan fingerprint density at radius 2 is 1.55 bits per heavy atom. The summed E-state index contributed by atoms with van der Waals surface area (Å²) in [4.78, 5) is 22.5. The zero-order chi connectivity index (χ0) is 22.2. The van der Waals surface area contributed by atoms with Crippen molar-refractivity contribution in [3.8, 4) is 11.5 Å². The van der Waals surface area contributed by atoms with Gasteiger partial charge in [0.25, 0.3) is 0 Å². The summed E-state index contributed by atoms with van der Waals surface area (Å²) in [7, 11) is 1.23. The fourth-order valence-electron chi connectivity index (χ4n) is 2.04. The van der Waals surface area contributed by atoms with E-state index in [0.29, 0.717) is 11.9 Å². The van der Waals surface area contributed by atoms with Gasteiger partial charge in [-0.3, -0.25) is 0 Å². The van der Waals surface area contributed by atoms with Crippen LogP contribution in [0.4, 0.5) is 18.9 Å². The molecule has 0 aliphatic heterocycles. The first-order chi connectivity index (χ1) is 13.6. The Labute approximate surface area is 168 Å². The smallest absolute Gasteiger partial charge is 0.495 e. The van der Waals surface area contributed by atoms with E-state index in [4.69, 9.17) is 9.84 Å². The van der Waals surface area contributed by atoms with Gasteiger partial charge in [0.15, 0.2) is 0 Å². The van der Waals surface area contributed by atoms with Crippen LogP contribution in [0.1, 0.15) is 34.6 Å². The van der Waals surface area contributed by atoms with E-state index >= 15 is 0 Å². The van der Waals surface area contributed by atoms with Crippen molar-refractivity contribution in [1.29, 1.82) is 0 Å². The molecule has 7 nitrogen and oxygen atoms in total. The zero-order valence-corrected chi connectivity index (χ0v) is 16.4. The predicted octanol–water partition coefficient (Wildman–Crippen LogP) is 5.14. The van der Waals surface area contributed by atoms with Crippen molar-refractivity contribution in [3.63, 3.8) is 0 Å². The maximum atomic E-state index is 12.5. The maximum Gasteiger partial charge on any atom is 0.573 e. The number of methoxy groups -OCH3 is 1. The summed E-state index contributed by atoms with van der Waals surface area (Å²) in [6.45, 7) is 4.00. The summed E-state index contributed by atoms with van der Waals surface area (Å²) in [6, 6.07) is 7.34. The average molecular weight is 433 g/mol. The quantitative estimate of drug-likeness (QED) is 0.516. The van der Waals surface area contributed by atoms with Crippen LogP contribution in [0.5, 0.6) is 11.5 Å². The number of benzene rings is 2. The Hall–Kier alpha value is -3.08. The minimum atomic E-state index is -4.88. The minimum Gasteiger partial charge on any atom is -0.495 e. The lowest BCUT2D eigenvalue weighted by atomic mass is 10.1. The first-order valence-corrected chi connectivity index (χ1v) is 8.90. The number of anilines is 1. The number of hydrogen-bond donors (Lipinski definition) is 3. The molecular formula is C18H18F3NO6S. The summed E-state index contributed by atoms with van der Waals surface area (Å²) in [5.41, 5.74) is -0.936. The van der Waals surface area contributed by atoms with Crippen molar-refractivity contribution in [2.24, 2.45) is 0 Å². The lowest BCUT2D eigenvalue weighted by molar-refractivity contribution is -0.275. The SMILES string of the molecule is CC.COc1cc(C(=O)O)c(C(=O)O)cc1NSc1ccccc1OC(F)(F)F. The third-order valence-electron chi connectivity index (χ3n) is 3.15. The van der Waals surface area contributed by atoms with Crippen molar-refractivity contribution in [1.82, 2.24) is 0 Å². The number of halogens is 3. The van der Waals surface area contributed by atoms with Crippen LogP contribution < -0.4 is 14.2 Å². The Morgan fingerprint density at radius 1 is 1.00 bits per heavy atom. The highest BCUT2D eigenvalue weighted by Gasteiger charge is 2.32. The molecule has 0 atom stereocenters. The van der Waals surface area contributed by atoms with Crippen molar-refractivity contribution >= 4 is 29.6 Å². The van der Waals surface area contributed by atoms with Gasteiger partial charge in [-0.25, -0.2) is 9.59 Å². The average Bonchev–Trinajstić information content (AvgIpc) is 2.66. The van der Waals surface area contributed by atoms with Gasteiger partial charge in [0, 0.05) is 0 Å². The second-order valence-electron chi connectivity index (χ2n) is 4.91. The van der Waals surface area contributed by atoms with E-state index in [1.165, 1.54) is 25.3 Å². The van der Waals surface area contributed by atoms with Crippen LogP contribution in [0.2, 0.25) is 0 Å². The van der Waals surface area contributed by atoms with Gasteiger partial charge in [-0.15, -0.1) is 13.2 Å². The van der Waals surface area contributed by atoms with Crippen LogP contribution in [0.3, 0.4) is 0 Å². The summed E-state index contributed by atoms with van der Waals surface area (Å²) in [5.74, 6) is -3.40. The van der Waals surface area contributed by atoms with Crippen molar-refractivity contribution in [3.05, 3.63) is 47.5 Å². The van der Waals surface area contributed by atoms with Crippen LogP contribution in [0.25, 0.3) is 0 Å². The summed E-state index contributed by atoms with van der Waals surface area (Å²) in [6.07, 6.45) is -4.88. The van der Waals surface area contributed by atoms with Gasteiger partial charge < -0.3 is 24.4 Å². The Balaban J connectivity index is 0.00000204. The molecule has 2 aromatic carbocycles. The summed E-state index contributed by atoms with van der Waals surface area (Å²) in [5, 5.41) is 18.3. The molecule has 0 fully saturated rings. The van der Waals surface area contributed by atoms with Crippen molar-refractivity contribution < 1.29 is 42.4 Å². The molecule has 0 unspecified atom stereocenters. The minimum absolute atomic E-state index is 0.000814. The number of carboxylic acid groups (broad SMARTS) is 2. The zero-order valence-electron chi connectivity index (χ0n) is 15.5. The standard InChI is InChI=1S/C16H12F3NO6S.C2H6/c1-25-12-7-9(15(23)24)8(14(21)22)6-10(12)20-27-13-5-3-2-4-11(13)26-16(17,18)19;1-2/h2-7,20H,1H3,(H,21,22)(H,23,24);1-2H3. The van der Waals surface area contributed by atoms with Crippen LogP contribution in [-0.4, -0.2) is 35.6 Å². The molecule has 0 aromatic heterocycles. The van der Waals surface area contributed by atoms with Crippen LogP contribution in [-0.2, 0) is 0 Å². The first-order valence-electron chi connectivity index (χ1n) is 8.08. The molecule has 0 saturated heterocycles. The molecule has 0 radical (unpaired) electrons. The van der Waals surface area contributed by atoms with Gasteiger partial charge in [0.1, 0.15) is 11.5 Å². The van der Waals surface area contributed by atoms with E-state index in [2.05, 4.69) is 9.46 Å². The summed E-state index contributed by atoms with van der Waals surface area (Å²) < 4.78 is 49.0. The second kappa shape index (κ2) is 10.5. The number of alkyl halides is 3. The molecular weight excluding hydrogens is 415 g/mol. The number of nitrogens with one attached hydrogen (secondary N) is 1. The lowest BCUT2D eigenvalue weighted by Gasteiger charge is -2.15.